The van der Waals surface area contributed by atoms with Crippen molar-refractivity contribution in [2.24, 2.45) is 0 Å². The molecule has 0 aliphatic rings. The van der Waals surface area contributed by atoms with E-state index in [0.717, 1.165) is 24.7 Å². The molecule has 0 radical (unpaired) electrons. The van der Waals surface area contributed by atoms with Crippen LogP contribution >= 0.6 is 71.0 Å². The fraction of sp³-hybridized carbons (Fsp3) is 0.0769. The monoisotopic (exact) mass is 485 g/mol. The van der Waals surface area contributed by atoms with Crippen LogP contribution in [0.1, 0.15) is 5.56 Å². The van der Waals surface area contributed by atoms with Gasteiger partial charge < -0.3 is 5.32 Å². The van der Waals surface area contributed by atoms with Crippen molar-refractivity contribution in [2.45, 2.75) is 6.54 Å². The molecule has 0 unspecified atom stereocenters. The van der Waals surface area contributed by atoms with Gasteiger partial charge in [-0.2, -0.15) is 0 Å². The summed E-state index contributed by atoms with van der Waals surface area (Å²) in [7, 11) is 0. The third kappa shape index (κ3) is 4.11. The summed E-state index contributed by atoms with van der Waals surface area (Å²) in [6.07, 6.45) is 0. The Morgan fingerprint density at radius 1 is 0.895 bits per heavy atom. The Bertz CT molecular complexity index is 594. The van der Waals surface area contributed by atoms with Gasteiger partial charge in [0.15, 0.2) is 0 Å². The first kappa shape index (κ1) is 15.6. The van der Waals surface area contributed by atoms with Crippen molar-refractivity contribution < 1.29 is 0 Å². The van der Waals surface area contributed by atoms with Gasteiger partial charge in [-0.25, -0.2) is 0 Å². The minimum atomic E-state index is 0.565. The van der Waals surface area contributed by atoms with Crippen molar-refractivity contribution in [1.82, 2.24) is 0 Å². The second kappa shape index (κ2) is 6.81. The standard InChI is InChI=1S/C13H8Br3Cl2N/c14-8-4-9(15)13(10(16)5-8)19-6-7-1-2-11(17)12(18)3-7/h1-5,19H,6H2. The Kier molecular flexibility index (Phi) is 5.61. The molecule has 2 aromatic carbocycles. The second-order valence-corrected chi connectivity index (χ2v) is 7.29. The number of benzene rings is 2. The van der Waals surface area contributed by atoms with Gasteiger partial charge in [-0.15, -0.1) is 0 Å². The summed E-state index contributed by atoms with van der Waals surface area (Å²) in [6.45, 7) is 0.662. The Balaban J connectivity index is 2.16. The lowest BCUT2D eigenvalue weighted by atomic mass is 10.2. The molecule has 1 N–H and O–H groups in total. The number of anilines is 1. The van der Waals surface area contributed by atoms with E-state index in [-0.39, 0.29) is 0 Å². The molecule has 19 heavy (non-hydrogen) atoms. The predicted octanol–water partition coefficient (Wildman–Crippen LogP) is 6.89. The highest BCUT2D eigenvalue weighted by molar-refractivity contribution is 9.11. The van der Waals surface area contributed by atoms with Gasteiger partial charge in [-0.3, -0.25) is 0 Å². The molecule has 100 valence electrons. The maximum atomic E-state index is 5.99. The molecule has 0 amide bonds. The maximum Gasteiger partial charge on any atom is 0.0632 e. The van der Waals surface area contributed by atoms with E-state index >= 15 is 0 Å². The molecule has 0 aliphatic carbocycles. The van der Waals surface area contributed by atoms with Crippen LogP contribution in [0.4, 0.5) is 5.69 Å². The van der Waals surface area contributed by atoms with Gasteiger partial charge in [-0.1, -0.05) is 45.2 Å². The SMILES string of the molecule is Clc1ccc(CNc2c(Br)cc(Br)cc2Br)cc1Cl. The largest absolute Gasteiger partial charge is 0.379 e. The molecule has 6 heteroatoms. The lowest BCUT2D eigenvalue weighted by molar-refractivity contribution is 1.14. The number of nitrogens with one attached hydrogen (secondary N) is 1. The van der Waals surface area contributed by atoms with Crippen LogP contribution in [0, 0.1) is 0 Å². The Morgan fingerprint density at radius 2 is 1.53 bits per heavy atom. The van der Waals surface area contributed by atoms with Crippen molar-refractivity contribution >= 4 is 76.7 Å². The molecule has 0 bridgehead atoms. The molecular weight excluding hydrogens is 481 g/mol. The summed E-state index contributed by atoms with van der Waals surface area (Å²) < 4.78 is 2.97. The van der Waals surface area contributed by atoms with Crippen LogP contribution in [0.15, 0.2) is 43.7 Å². The van der Waals surface area contributed by atoms with E-state index in [2.05, 4.69) is 53.1 Å². The highest BCUT2D eigenvalue weighted by Crippen LogP contribution is 2.34. The van der Waals surface area contributed by atoms with Gasteiger partial charge >= 0.3 is 0 Å². The molecule has 2 rings (SSSR count). The first-order valence-electron chi connectivity index (χ1n) is 5.29. The summed E-state index contributed by atoms with van der Waals surface area (Å²) in [6, 6.07) is 9.58. The van der Waals surface area contributed by atoms with Crippen molar-refractivity contribution in [3.63, 3.8) is 0 Å². The lowest BCUT2D eigenvalue weighted by Crippen LogP contribution is -2.01. The Hall–Kier alpha value is 0.260. The molecule has 0 fully saturated rings. The highest BCUT2D eigenvalue weighted by Gasteiger charge is 2.07. The number of rotatable bonds is 3. The van der Waals surface area contributed by atoms with Crippen LogP contribution in [-0.4, -0.2) is 0 Å². The van der Waals surface area contributed by atoms with Gasteiger partial charge in [0.05, 0.1) is 15.7 Å². The second-order valence-electron chi connectivity index (χ2n) is 3.85. The van der Waals surface area contributed by atoms with E-state index in [1.165, 1.54) is 0 Å². The summed E-state index contributed by atoms with van der Waals surface area (Å²) in [5, 5.41) is 4.49. The summed E-state index contributed by atoms with van der Waals surface area (Å²) in [5.41, 5.74) is 2.06. The smallest absolute Gasteiger partial charge is 0.0632 e. The summed E-state index contributed by atoms with van der Waals surface area (Å²) >= 11 is 22.4. The Labute approximate surface area is 147 Å². The van der Waals surface area contributed by atoms with Gasteiger partial charge in [-0.05, 0) is 61.7 Å². The summed E-state index contributed by atoms with van der Waals surface area (Å²) in [4.78, 5) is 0. The van der Waals surface area contributed by atoms with Crippen molar-refractivity contribution in [3.8, 4) is 0 Å². The van der Waals surface area contributed by atoms with Crippen LogP contribution in [0.3, 0.4) is 0 Å². The number of halogens is 5. The molecule has 1 nitrogen and oxygen atoms in total. The summed E-state index contributed by atoms with van der Waals surface area (Å²) in [5.74, 6) is 0. The van der Waals surface area contributed by atoms with Crippen LogP contribution in [0.5, 0.6) is 0 Å². The molecule has 0 saturated carbocycles. The molecule has 0 saturated heterocycles. The van der Waals surface area contributed by atoms with E-state index in [4.69, 9.17) is 23.2 Å². The molecule has 0 aromatic heterocycles. The first-order chi connectivity index (χ1) is 8.97. The van der Waals surface area contributed by atoms with Crippen molar-refractivity contribution in [1.29, 1.82) is 0 Å². The number of hydrogen-bond donors (Lipinski definition) is 1. The third-order valence-corrected chi connectivity index (χ3v) is 4.91. The van der Waals surface area contributed by atoms with E-state index in [1.807, 2.05) is 24.3 Å². The minimum absolute atomic E-state index is 0.565. The topological polar surface area (TPSA) is 12.0 Å². The van der Waals surface area contributed by atoms with E-state index < -0.39 is 0 Å². The molecular formula is C13H8Br3Cl2N. The molecule has 0 heterocycles. The fourth-order valence-corrected chi connectivity index (χ4v) is 4.41. The van der Waals surface area contributed by atoms with Crippen molar-refractivity contribution in [2.75, 3.05) is 5.32 Å². The van der Waals surface area contributed by atoms with Gasteiger partial charge in [0.25, 0.3) is 0 Å². The lowest BCUT2D eigenvalue weighted by Gasteiger charge is -2.12. The van der Waals surface area contributed by atoms with Crippen LogP contribution in [0.25, 0.3) is 0 Å². The quantitative estimate of drug-likeness (QED) is 0.496. The van der Waals surface area contributed by atoms with E-state index in [1.54, 1.807) is 6.07 Å². The normalized spacial score (nSPS) is 10.6. The average molecular weight is 489 g/mol. The van der Waals surface area contributed by atoms with Gasteiger partial charge in [0.1, 0.15) is 0 Å². The number of hydrogen-bond acceptors (Lipinski definition) is 1. The zero-order chi connectivity index (χ0) is 14.0. The molecule has 2 aromatic rings. The average Bonchev–Trinajstić information content (AvgIpc) is 2.32. The van der Waals surface area contributed by atoms with Crippen molar-refractivity contribution in [3.05, 3.63) is 59.4 Å². The molecule has 0 aliphatic heterocycles. The fourth-order valence-electron chi connectivity index (χ4n) is 1.55. The van der Waals surface area contributed by atoms with Crippen LogP contribution < -0.4 is 5.32 Å². The predicted molar refractivity (Wildman–Crippen MR) is 93.3 cm³/mol. The maximum absolute atomic E-state index is 5.99. The first-order valence-corrected chi connectivity index (χ1v) is 8.43. The highest BCUT2D eigenvalue weighted by atomic mass is 79.9. The van der Waals surface area contributed by atoms with Crippen LogP contribution in [0.2, 0.25) is 10.0 Å². The Morgan fingerprint density at radius 3 is 2.11 bits per heavy atom. The molecule has 0 spiro atoms. The zero-order valence-corrected chi connectivity index (χ0v) is 15.8. The van der Waals surface area contributed by atoms with E-state index in [9.17, 15) is 0 Å². The van der Waals surface area contributed by atoms with Gasteiger partial charge in [0.2, 0.25) is 0 Å². The molecule has 0 atom stereocenters. The van der Waals surface area contributed by atoms with Crippen LogP contribution in [-0.2, 0) is 6.54 Å². The van der Waals surface area contributed by atoms with Gasteiger partial charge in [0, 0.05) is 20.0 Å². The van der Waals surface area contributed by atoms with E-state index in [0.29, 0.717) is 16.6 Å². The zero-order valence-electron chi connectivity index (χ0n) is 9.48. The minimum Gasteiger partial charge on any atom is -0.379 e. The third-order valence-electron chi connectivity index (χ3n) is 2.46.